The van der Waals surface area contributed by atoms with Crippen LogP contribution in [-0.2, 0) is 9.47 Å². The molecule has 0 amide bonds. The summed E-state index contributed by atoms with van der Waals surface area (Å²) in [4.78, 5) is 0. The van der Waals surface area contributed by atoms with Crippen molar-refractivity contribution < 1.29 is 27.4 Å². The second-order valence-electron chi connectivity index (χ2n) is 7.25. The minimum Gasteiger partial charge on any atom is -0.491 e. The molecule has 2 atom stereocenters. The molecule has 2 unspecified atom stereocenters. The molecule has 3 rings (SSSR count). The number of ether oxygens (including phenoxy) is 3. The van der Waals surface area contributed by atoms with Gasteiger partial charge in [0.25, 0.3) is 0 Å². The normalized spacial score (nSPS) is 19.3. The van der Waals surface area contributed by atoms with E-state index in [2.05, 4.69) is 6.92 Å². The fourth-order valence-electron chi connectivity index (χ4n) is 3.55. The Balaban J connectivity index is 1.71. The summed E-state index contributed by atoms with van der Waals surface area (Å²) in [6.45, 7) is 5.89. The summed E-state index contributed by atoms with van der Waals surface area (Å²) in [5.41, 5.74) is 0.704. The zero-order valence-electron chi connectivity index (χ0n) is 16.8. The van der Waals surface area contributed by atoms with Crippen LogP contribution in [0, 0.1) is 23.4 Å². The smallest absolute Gasteiger partial charge is 0.201 e. The van der Waals surface area contributed by atoms with Gasteiger partial charge in [-0.05, 0) is 49.9 Å². The van der Waals surface area contributed by atoms with Crippen LogP contribution in [0.5, 0.6) is 5.75 Å². The molecule has 0 spiro atoms. The summed E-state index contributed by atoms with van der Waals surface area (Å²) in [5, 5.41) is 0. The number of halogens is 3. The Kier molecular flexibility index (Phi) is 7.56. The van der Waals surface area contributed by atoms with Gasteiger partial charge in [0.05, 0.1) is 25.9 Å². The van der Waals surface area contributed by atoms with Crippen molar-refractivity contribution in [2.45, 2.75) is 39.2 Å². The first-order chi connectivity index (χ1) is 14.0. The largest absolute Gasteiger partial charge is 0.491 e. The van der Waals surface area contributed by atoms with Gasteiger partial charge in [-0.3, -0.25) is 0 Å². The van der Waals surface area contributed by atoms with Crippen molar-refractivity contribution in [3.63, 3.8) is 0 Å². The molecule has 0 N–H and O–H groups in total. The average Bonchev–Trinajstić information content (AvgIpc) is 2.72. The molecule has 0 aromatic heterocycles. The quantitative estimate of drug-likeness (QED) is 0.497. The maximum absolute atomic E-state index is 14.8. The molecule has 0 aliphatic carbocycles. The highest BCUT2D eigenvalue weighted by molar-refractivity contribution is 5.66. The molecule has 1 saturated heterocycles. The van der Waals surface area contributed by atoms with Crippen molar-refractivity contribution >= 4 is 0 Å². The van der Waals surface area contributed by atoms with Gasteiger partial charge in [-0.25, -0.2) is 8.78 Å². The lowest BCUT2D eigenvalue weighted by Crippen LogP contribution is -2.25. The van der Waals surface area contributed by atoms with Gasteiger partial charge in [0.2, 0.25) is 5.82 Å². The first-order valence-electron chi connectivity index (χ1n) is 10.1. The molecule has 1 fully saturated rings. The van der Waals surface area contributed by atoms with Gasteiger partial charge in [0.15, 0.2) is 11.6 Å². The van der Waals surface area contributed by atoms with Crippen LogP contribution >= 0.6 is 0 Å². The molecular formula is C23H27F3O3. The van der Waals surface area contributed by atoms with E-state index in [1.165, 1.54) is 18.2 Å². The van der Waals surface area contributed by atoms with E-state index in [9.17, 15) is 13.2 Å². The van der Waals surface area contributed by atoms with Crippen LogP contribution in [0.4, 0.5) is 13.2 Å². The highest BCUT2D eigenvalue weighted by Crippen LogP contribution is 2.35. The van der Waals surface area contributed by atoms with E-state index in [-0.39, 0.29) is 29.6 Å². The van der Waals surface area contributed by atoms with Crippen LogP contribution in [0.25, 0.3) is 11.1 Å². The van der Waals surface area contributed by atoms with E-state index >= 15 is 0 Å². The monoisotopic (exact) mass is 408 g/mol. The topological polar surface area (TPSA) is 27.7 Å². The zero-order valence-corrected chi connectivity index (χ0v) is 16.8. The molecule has 2 aromatic rings. The van der Waals surface area contributed by atoms with Gasteiger partial charge in [0, 0.05) is 23.7 Å². The van der Waals surface area contributed by atoms with Crippen LogP contribution in [-0.4, -0.2) is 26.4 Å². The maximum atomic E-state index is 14.8. The van der Waals surface area contributed by atoms with Crippen LogP contribution < -0.4 is 4.74 Å². The fraction of sp³-hybridized carbons (Fsp3) is 0.478. The first-order valence-corrected chi connectivity index (χ1v) is 10.1. The number of hydrogen-bond acceptors (Lipinski definition) is 3. The lowest BCUT2D eigenvalue weighted by Gasteiger charge is -2.29. The zero-order chi connectivity index (χ0) is 20.8. The summed E-state index contributed by atoms with van der Waals surface area (Å²) in [6, 6.07) is 7.17. The summed E-state index contributed by atoms with van der Waals surface area (Å²) in [6.07, 6.45) is 2.23. The molecule has 2 aromatic carbocycles. The minimum absolute atomic E-state index is 0.00546. The van der Waals surface area contributed by atoms with Gasteiger partial charge in [-0.2, -0.15) is 4.39 Å². The summed E-state index contributed by atoms with van der Waals surface area (Å²) < 4.78 is 59.8. The molecule has 6 heteroatoms. The predicted octanol–water partition coefficient (Wildman–Crippen LogP) is 6.06. The van der Waals surface area contributed by atoms with Crippen LogP contribution in [0.2, 0.25) is 0 Å². The first kappa shape index (κ1) is 21.7. The fourth-order valence-corrected chi connectivity index (χ4v) is 3.55. The lowest BCUT2D eigenvalue weighted by molar-refractivity contribution is -0.0446. The Bertz CT molecular complexity index is 817. The highest BCUT2D eigenvalue weighted by Gasteiger charge is 2.26. The van der Waals surface area contributed by atoms with E-state index in [0.717, 1.165) is 19.4 Å². The van der Waals surface area contributed by atoms with Gasteiger partial charge in [-0.15, -0.1) is 0 Å². The molecule has 3 nitrogen and oxygen atoms in total. The van der Waals surface area contributed by atoms with Gasteiger partial charge in [-0.1, -0.05) is 19.1 Å². The van der Waals surface area contributed by atoms with Gasteiger partial charge < -0.3 is 14.2 Å². The standard InChI is InChI=1S/C23H27F3O3/c1-3-11-27-13-15-5-9-20(29-14-15)18-7-6-16(12-19(18)24)17-8-10-21(28-4-2)23(26)22(17)25/h6-8,10,12,15,20H,3-5,9,11,13-14H2,1-2H3. The van der Waals surface area contributed by atoms with Gasteiger partial charge >= 0.3 is 0 Å². The van der Waals surface area contributed by atoms with Crippen molar-refractivity contribution in [3.05, 3.63) is 53.3 Å². The molecule has 1 aliphatic rings. The average molecular weight is 408 g/mol. The number of benzene rings is 2. The molecule has 1 heterocycles. The van der Waals surface area contributed by atoms with Crippen LogP contribution in [0.15, 0.2) is 30.3 Å². The third-order valence-corrected chi connectivity index (χ3v) is 5.08. The number of hydrogen-bond donors (Lipinski definition) is 0. The van der Waals surface area contributed by atoms with Crippen LogP contribution in [0.3, 0.4) is 0 Å². The SMILES string of the molecule is CCCOCC1CCC(c2ccc(-c3ccc(OCC)c(F)c3F)cc2F)OC1. The third kappa shape index (κ3) is 5.11. The van der Waals surface area contributed by atoms with Crippen molar-refractivity contribution in [1.82, 2.24) is 0 Å². The van der Waals surface area contributed by atoms with E-state index < -0.39 is 17.5 Å². The Labute approximate surface area is 169 Å². The molecule has 0 bridgehead atoms. The highest BCUT2D eigenvalue weighted by atomic mass is 19.2. The summed E-state index contributed by atoms with van der Waals surface area (Å²) in [5.74, 6) is -2.44. The van der Waals surface area contributed by atoms with Gasteiger partial charge in [0.1, 0.15) is 5.82 Å². The summed E-state index contributed by atoms with van der Waals surface area (Å²) >= 11 is 0. The van der Waals surface area contributed by atoms with Crippen molar-refractivity contribution in [2.24, 2.45) is 5.92 Å². The molecule has 158 valence electrons. The van der Waals surface area contributed by atoms with E-state index in [1.807, 2.05) is 0 Å². The maximum Gasteiger partial charge on any atom is 0.201 e. The molecular weight excluding hydrogens is 381 g/mol. The van der Waals surface area contributed by atoms with E-state index in [4.69, 9.17) is 14.2 Å². The van der Waals surface area contributed by atoms with Crippen molar-refractivity contribution in [3.8, 4) is 16.9 Å². The second kappa shape index (κ2) is 10.1. The number of rotatable bonds is 8. The van der Waals surface area contributed by atoms with Crippen molar-refractivity contribution in [1.29, 1.82) is 0 Å². The van der Waals surface area contributed by atoms with E-state index in [1.54, 1.807) is 19.1 Å². The van der Waals surface area contributed by atoms with E-state index in [0.29, 0.717) is 31.1 Å². The lowest BCUT2D eigenvalue weighted by atomic mass is 9.93. The Morgan fingerprint density at radius 3 is 2.52 bits per heavy atom. The Hall–Kier alpha value is -2.05. The molecule has 0 radical (unpaired) electrons. The van der Waals surface area contributed by atoms with Crippen molar-refractivity contribution in [2.75, 3.05) is 26.4 Å². The van der Waals surface area contributed by atoms with Crippen LogP contribution in [0.1, 0.15) is 44.8 Å². The molecule has 29 heavy (non-hydrogen) atoms. The molecule has 0 saturated carbocycles. The minimum atomic E-state index is -1.07. The summed E-state index contributed by atoms with van der Waals surface area (Å²) in [7, 11) is 0. The molecule has 1 aliphatic heterocycles. The predicted molar refractivity (Wildman–Crippen MR) is 105 cm³/mol. The third-order valence-electron chi connectivity index (χ3n) is 5.08. The Morgan fingerprint density at radius 1 is 1.03 bits per heavy atom. The second-order valence-corrected chi connectivity index (χ2v) is 7.25. The Morgan fingerprint density at radius 2 is 1.86 bits per heavy atom.